The number of amides is 1. The van der Waals surface area contributed by atoms with Crippen LogP contribution >= 0.6 is 0 Å². The molecular weight excluding hydrogens is 258 g/mol. The Bertz CT molecular complexity index is 503. The third-order valence-corrected chi connectivity index (χ3v) is 2.83. The Balaban J connectivity index is 2.53. The van der Waals surface area contributed by atoms with E-state index in [4.69, 9.17) is 9.84 Å². The Hall–Kier alpha value is -2.30. The van der Waals surface area contributed by atoms with Crippen molar-refractivity contribution in [1.29, 1.82) is 0 Å². The predicted molar refractivity (Wildman–Crippen MR) is 76.5 cm³/mol. The van der Waals surface area contributed by atoms with Gasteiger partial charge in [-0.1, -0.05) is 12.1 Å². The third-order valence-electron chi connectivity index (χ3n) is 2.83. The van der Waals surface area contributed by atoms with E-state index in [1.807, 2.05) is 12.1 Å². The quantitative estimate of drug-likeness (QED) is 0.779. The molecule has 1 rings (SSSR count). The van der Waals surface area contributed by atoms with Crippen LogP contribution in [0.5, 0.6) is 5.75 Å². The highest BCUT2D eigenvalue weighted by Crippen LogP contribution is 2.14. The number of rotatable bonds is 6. The van der Waals surface area contributed by atoms with Gasteiger partial charge >= 0.3 is 5.97 Å². The molecule has 1 amide bonds. The number of benzene rings is 1. The average molecular weight is 277 g/mol. The van der Waals surface area contributed by atoms with Gasteiger partial charge in [-0.3, -0.25) is 9.59 Å². The Kier molecular flexibility index (Phi) is 5.32. The van der Waals surface area contributed by atoms with Gasteiger partial charge in [-0.2, -0.15) is 0 Å². The Morgan fingerprint density at radius 1 is 1.30 bits per heavy atom. The van der Waals surface area contributed by atoms with Crippen LogP contribution in [0.4, 0.5) is 0 Å². The fraction of sp³-hybridized carbons (Fsp3) is 0.333. The fourth-order valence-electron chi connectivity index (χ4n) is 1.33. The highest BCUT2D eigenvalue weighted by molar-refractivity contribution is 5.92. The standard InChI is InChI=1S/C15H19NO4/c1-15(2,14(18)19)10-16-13(17)9-6-11-4-7-12(20-3)8-5-11/h4-9H,10H2,1-3H3,(H,16,17)(H,18,19)/b9-6+. The summed E-state index contributed by atoms with van der Waals surface area (Å²) in [4.78, 5) is 22.5. The fourth-order valence-corrected chi connectivity index (χ4v) is 1.33. The van der Waals surface area contributed by atoms with Crippen molar-refractivity contribution in [3.05, 3.63) is 35.9 Å². The van der Waals surface area contributed by atoms with Crippen LogP contribution < -0.4 is 10.1 Å². The Morgan fingerprint density at radius 2 is 1.90 bits per heavy atom. The summed E-state index contributed by atoms with van der Waals surface area (Å²) in [5.74, 6) is -0.526. The van der Waals surface area contributed by atoms with E-state index in [9.17, 15) is 9.59 Å². The summed E-state index contributed by atoms with van der Waals surface area (Å²) in [7, 11) is 1.59. The van der Waals surface area contributed by atoms with Gasteiger partial charge in [0.15, 0.2) is 0 Å². The zero-order valence-corrected chi connectivity index (χ0v) is 11.8. The summed E-state index contributed by atoms with van der Waals surface area (Å²) < 4.78 is 5.03. The lowest BCUT2D eigenvalue weighted by atomic mass is 9.94. The van der Waals surface area contributed by atoms with Crippen LogP contribution in [0.3, 0.4) is 0 Å². The topological polar surface area (TPSA) is 75.6 Å². The number of ether oxygens (including phenoxy) is 1. The molecule has 0 spiro atoms. The molecule has 0 radical (unpaired) electrons. The monoisotopic (exact) mass is 277 g/mol. The molecule has 0 aliphatic carbocycles. The van der Waals surface area contributed by atoms with Gasteiger partial charge < -0.3 is 15.2 Å². The summed E-state index contributed by atoms with van der Waals surface area (Å²) in [6, 6.07) is 7.24. The molecule has 20 heavy (non-hydrogen) atoms. The molecule has 1 aromatic carbocycles. The van der Waals surface area contributed by atoms with Gasteiger partial charge in [0.1, 0.15) is 5.75 Å². The zero-order valence-electron chi connectivity index (χ0n) is 11.8. The summed E-state index contributed by atoms with van der Waals surface area (Å²) >= 11 is 0. The smallest absolute Gasteiger partial charge is 0.310 e. The van der Waals surface area contributed by atoms with Crippen molar-refractivity contribution in [2.75, 3.05) is 13.7 Å². The third kappa shape index (κ3) is 4.76. The lowest BCUT2D eigenvalue weighted by Gasteiger charge is -2.18. The van der Waals surface area contributed by atoms with Gasteiger partial charge in [-0.15, -0.1) is 0 Å². The first-order chi connectivity index (χ1) is 9.35. The molecule has 0 unspecified atom stereocenters. The molecule has 108 valence electrons. The van der Waals surface area contributed by atoms with Crippen LogP contribution in [0.2, 0.25) is 0 Å². The van der Waals surface area contributed by atoms with E-state index in [0.29, 0.717) is 0 Å². The number of nitrogens with one attached hydrogen (secondary N) is 1. The number of hydrogen-bond donors (Lipinski definition) is 2. The lowest BCUT2D eigenvalue weighted by molar-refractivity contribution is -0.146. The Labute approximate surface area is 118 Å². The van der Waals surface area contributed by atoms with Crippen molar-refractivity contribution >= 4 is 18.0 Å². The molecule has 0 fully saturated rings. The molecule has 5 nitrogen and oxygen atoms in total. The molecule has 0 saturated heterocycles. The minimum absolute atomic E-state index is 0.0775. The van der Waals surface area contributed by atoms with Crippen LogP contribution in [0.15, 0.2) is 30.3 Å². The van der Waals surface area contributed by atoms with Crippen LogP contribution in [0.25, 0.3) is 6.08 Å². The summed E-state index contributed by atoms with van der Waals surface area (Å²) in [6.45, 7) is 3.19. The van der Waals surface area contributed by atoms with Gasteiger partial charge in [0.2, 0.25) is 5.91 Å². The first-order valence-corrected chi connectivity index (χ1v) is 6.18. The van der Waals surface area contributed by atoms with Crippen molar-refractivity contribution < 1.29 is 19.4 Å². The van der Waals surface area contributed by atoms with E-state index in [1.54, 1.807) is 39.2 Å². The number of carboxylic acid groups (broad SMARTS) is 1. The van der Waals surface area contributed by atoms with Gasteiger partial charge in [-0.25, -0.2) is 0 Å². The second-order valence-corrected chi connectivity index (χ2v) is 5.01. The predicted octanol–water partition coefficient (Wildman–Crippen LogP) is 1.94. The summed E-state index contributed by atoms with van der Waals surface area (Å²) in [6.07, 6.45) is 3.03. The number of methoxy groups -OCH3 is 1. The van der Waals surface area contributed by atoms with Crippen molar-refractivity contribution in [3.8, 4) is 5.75 Å². The minimum Gasteiger partial charge on any atom is -0.497 e. The van der Waals surface area contributed by atoms with Gasteiger partial charge in [-0.05, 0) is 37.6 Å². The summed E-state index contributed by atoms with van der Waals surface area (Å²) in [5.41, 5.74) is -0.123. The largest absolute Gasteiger partial charge is 0.497 e. The van der Waals surface area contributed by atoms with E-state index in [1.165, 1.54) is 6.08 Å². The van der Waals surface area contributed by atoms with Crippen LogP contribution in [0.1, 0.15) is 19.4 Å². The molecule has 0 heterocycles. The SMILES string of the molecule is COc1ccc(/C=C/C(=O)NCC(C)(C)C(=O)O)cc1. The molecular formula is C15H19NO4. The molecule has 0 aliphatic rings. The summed E-state index contributed by atoms with van der Waals surface area (Å²) in [5, 5.41) is 11.5. The maximum Gasteiger partial charge on any atom is 0.310 e. The number of carbonyl (C=O) groups is 2. The van der Waals surface area contributed by atoms with Gasteiger partial charge in [0, 0.05) is 12.6 Å². The molecule has 0 aromatic heterocycles. The minimum atomic E-state index is -0.983. The van der Waals surface area contributed by atoms with E-state index in [0.717, 1.165) is 11.3 Å². The molecule has 5 heteroatoms. The van der Waals surface area contributed by atoms with Crippen molar-refractivity contribution in [2.45, 2.75) is 13.8 Å². The van der Waals surface area contributed by atoms with Crippen molar-refractivity contribution in [2.24, 2.45) is 5.41 Å². The average Bonchev–Trinajstić information content (AvgIpc) is 2.43. The van der Waals surface area contributed by atoms with Crippen molar-refractivity contribution in [1.82, 2.24) is 5.32 Å². The molecule has 0 atom stereocenters. The molecule has 1 aromatic rings. The van der Waals surface area contributed by atoms with Crippen LogP contribution in [-0.4, -0.2) is 30.6 Å². The van der Waals surface area contributed by atoms with E-state index in [-0.39, 0.29) is 12.5 Å². The number of carbonyl (C=O) groups excluding carboxylic acids is 1. The van der Waals surface area contributed by atoms with E-state index in [2.05, 4.69) is 5.32 Å². The van der Waals surface area contributed by atoms with E-state index >= 15 is 0 Å². The van der Waals surface area contributed by atoms with E-state index < -0.39 is 11.4 Å². The number of aliphatic carboxylic acids is 1. The highest BCUT2D eigenvalue weighted by atomic mass is 16.5. The van der Waals surface area contributed by atoms with Crippen LogP contribution in [0, 0.1) is 5.41 Å². The first kappa shape index (κ1) is 15.8. The van der Waals surface area contributed by atoms with Crippen molar-refractivity contribution in [3.63, 3.8) is 0 Å². The molecule has 0 aliphatic heterocycles. The maximum absolute atomic E-state index is 11.6. The zero-order chi connectivity index (χ0) is 15.2. The van der Waals surface area contributed by atoms with Gasteiger partial charge in [0.05, 0.1) is 12.5 Å². The second-order valence-electron chi connectivity index (χ2n) is 5.01. The molecule has 0 saturated carbocycles. The molecule has 0 bridgehead atoms. The highest BCUT2D eigenvalue weighted by Gasteiger charge is 2.27. The second kappa shape index (κ2) is 6.75. The Morgan fingerprint density at radius 3 is 2.40 bits per heavy atom. The lowest BCUT2D eigenvalue weighted by Crippen LogP contribution is -2.38. The normalized spacial score (nSPS) is 11.3. The molecule has 2 N–H and O–H groups in total. The van der Waals surface area contributed by atoms with Gasteiger partial charge in [0.25, 0.3) is 0 Å². The number of carboxylic acids is 1. The first-order valence-electron chi connectivity index (χ1n) is 6.18. The number of hydrogen-bond acceptors (Lipinski definition) is 3. The maximum atomic E-state index is 11.6. The van der Waals surface area contributed by atoms with Crippen LogP contribution in [-0.2, 0) is 9.59 Å².